The van der Waals surface area contributed by atoms with Crippen LogP contribution in [0.4, 0.5) is 0 Å². The van der Waals surface area contributed by atoms with Crippen molar-refractivity contribution < 1.29 is 4.79 Å². The summed E-state index contributed by atoms with van der Waals surface area (Å²) in [5.41, 5.74) is 0.440. The molecule has 1 aromatic heterocycles. The third-order valence-electron chi connectivity index (χ3n) is 2.95. The SMILES string of the molecule is CN(CC1CCCN1)C(=O)c1ccc(Cl)cn1. The molecule has 1 unspecified atom stereocenters. The van der Waals surface area contributed by atoms with E-state index in [1.54, 1.807) is 24.1 Å². The zero-order valence-electron chi connectivity index (χ0n) is 9.82. The van der Waals surface area contributed by atoms with Gasteiger partial charge in [0.05, 0.1) is 5.02 Å². The van der Waals surface area contributed by atoms with Gasteiger partial charge in [0.1, 0.15) is 5.69 Å². The van der Waals surface area contributed by atoms with Crippen molar-refractivity contribution in [1.82, 2.24) is 15.2 Å². The monoisotopic (exact) mass is 253 g/mol. The molecule has 1 aliphatic rings. The van der Waals surface area contributed by atoms with E-state index in [0.717, 1.165) is 19.5 Å². The molecular formula is C12H16ClN3O. The van der Waals surface area contributed by atoms with Crippen LogP contribution < -0.4 is 5.32 Å². The zero-order valence-corrected chi connectivity index (χ0v) is 10.6. The lowest BCUT2D eigenvalue weighted by Gasteiger charge is -2.20. The molecule has 0 bridgehead atoms. The van der Waals surface area contributed by atoms with Gasteiger partial charge < -0.3 is 10.2 Å². The molecule has 2 rings (SSSR count). The average Bonchev–Trinajstić information content (AvgIpc) is 2.82. The molecule has 0 radical (unpaired) electrons. The quantitative estimate of drug-likeness (QED) is 0.889. The van der Waals surface area contributed by atoms with Gasteiger partial charge in [0.25, 0.3) is 5.91 Å². The Hall–Kier alpha value is -1.13. The molecular weight excluding hydrogens is 238 g/mol. The molecule has 0 saturated carbocycles. The third kappa shape index (κ3) is 3.17. The predicted molar refractivity (Wildman–Crippen MR) is 67.2 cm³/mol. The van der Waals surface area contributed by atoms with E-state index in [1.807, 2.05) is 0 Å². The van der Waals surface area contributed by atoms with E-state index in [9.17, 15) is 4.79 Å². The number of nitrogens with one attached hydrogen (secondary N) is 1. The number of rotatable bonds is 3. The van der Waals surface area contributed by atoms with Crippen LogP contribution in [0, 0.1) is 0 Å². The number of carbonyl (C=O) groups excluding carboxylic acids is 1. The van der Waals surface area contributed by atoms with Crippen molar-refractivity contribution in [3.05, 3.63) is 29.0 Å². The van der Waals surface area contributed by atoms with Gasteiger partial charge in [0, 0.05) is 25.8 Å². The van der Waals surface area contributed by atoms with Crippen molar-refractivity contribution in [2.45, 2.75) is 18.9 Å². The second-order valence-corrected chi connectivity index (χ2v) is 4.78. The number of carbonyl (C=O) groups is 1. The Kier molecular flexibility index (Phi) is 3.97. The van der Waals surface area contributed by atoms with Crippen LogP contribution in [0.25, 0.3) is 0 Å². The van der Waals surface area contributed by atoms with Gasteiger partial charge in [-0.3, -0.25) is 4.79 Å². The van der Waals surface area contributed by atoms with Gasteiger partial charge in [-0.2, -0.15) is 0 Å². The highest BCUT2D eigenvalue weighted by atomic mass is 35.5. The highest BCUT2D eigenvalue weighted by Gasteiger charge is 2.20. The molecule has 0 aromatic carbocycles. The van der Waals surface area contributed by atoms with Crippen LogP contribution in [-0.4, -0.2) is 42.0 Å². The first-order chi connectivity index (χ1) is 8.16. The second kappa shape index (κ2) is 5.47. The van der Waals surface area contributed by atoms with Crippen molar-refractivity contribution in [3.8, 4) is 0 Å². The summed E-state index contributed by atoms with van der Waals surface area (Å²) in [6.07, 6.45) is 3.81. The number of amides is 1. The average molecular weight is 254 g/mol. The Balaban J connectivity index is 1.96. The molecule has 1 fully saturated rings. The van der Waals surface area contributed by atoms with E-state index in [0.29, 0.717) is 16.8 Å². The standard InChI is InChI=1S/C12H16ClN3O/c1-16(8-10-3-2-6-14-10)12(17)11-5-4-9(13)7-15-11/h4-5,7,10,14H,2-3,6,8H2,1H3. The number of hydrogen-bond acceptors (Lipinski definition) is 3. The summed E-state index contributed by atoms with van der Waals surface area (Å²) in [6.45, 7) is 1.77. The minimum absolute atomic E-state index is 0.0598. The van der Waals surface area contributed by atoms with Crippen molar-refractivity contribution in [1.29, 1.82) is 0 Å². The lowest BCUT2D eigenvalue weighted by atomic mass is 10.2. The Morgan fingerprint density at radius 1 is 1.65 bits per heavy atom. The van der Waals surface area contributed by atoms with E-state index in [1.165, 1.54) is 12.6 Å². The summed E-state index contributed by atoms with van der Waals surface area (Å²) in [5, 5.41) is 3.91. The third-order valence-corrected chi connectivity index (χ3v) is 3.17. The summed E-state index contributed by atoms with van der Waals surface area (Å²) in [7, 11) is 1.80. The van der Waals surface area contributed by atoms with Crippen LogP contribution in [0.1, 0.15) is 23.3 Å². The number of halogens is 1. The maximum Gasteiger partial charge on any atom is 0.272 e. The molecule has 1 amide bonds. The van der Waals surface area contributed by atoms with Crippen LogP contribution in [0.3, 0.4) is 0 Å². The van der Waals surface area contributed by atoms with Crippen molar-refractivity contribution >= 4 is 17.5 Å². The summed E-state index contributed by atoms with van der Waals surface area (Å²) in [6, 6.07) is 3.75. The lowest BCUT2D eigenvalue weighted by molar-refractivity contribution is 0.0778. The van der Waals surface area contributed by atoms with Gasteiger partial charge in [0.2, 0.25) is 0 Å². The minimum atomic E-state index is -0.0598. The van der Waals surface area contributed by atoms with Gasteiger partial charge in [-0.15, -0.1) is 0 Å². The van der Waals surface area contributed by atoms with E-state index < -0.39 is 0 Å². The molecule has 1 saturated heterocycles. The summed E-state index contributed by atoms with van der Waals surface area (Å²) in [5.74, 6) is -0.0598. The predicted octanol–water partition coefficient (Wildman–Crippen LogP) is 1.56. The Morgan fingerprint density at radius 3 is 3.06 bits per heavy atom. The first-order valence-electron chi connectivity index (χ1n) is 5.77. The zero-order chi connectivity index (χ0) is 12.3. The molecule has 5 heteroatoms. The fraction of sp³-hybridized carbons (Fsp3) is 0.500. The molecule has 4 nitrogen and oxygen atoms in total. The minimum Gasteiger partial charge on any atom is -0.339 e. The molecule has 1 aliphatic heterocycles. The Bertz CT molecular complexity index is 387. The number of likely N-dealkylation sites (N-methyl/N-ethyl adjacent to an activating group) is 1. The van der Waals surface area contributed by atoms with Gasteiger partial charge in [-0.1, -0.05) is 11.6 Å². The highest BCUT2D eigenvalue weighted by molar-refractivity contribution is 6.30. The molecule has 2 heterocycles. The first-order valence-corrected chi connectivity index (χ1v) is 6.15. The smallest absolute Gasteiger partial charge is 0.272 e. The summed E-state index contributed by atoms with van der Waals surface area (Å²) in [4.78, 5) is 17.8. The van der Waals surface area contributed by atoms with E-state index >= 15 is 0 Å². The largest absolute Gasteiger partial charge is 0.339 e. The highest BCUT2D eigenvalue weighted by Crippen LogP contribution is 2.10. The molecule has 17 heavy (non-hydrogen) atoms. The van der Waals surface area contributed by atoms with Gasteiger partial charge >= 0.3 is 0 Å². The normalized spacial score (nSPS) is 19.3. The molecule has 0 spiro atoms. The van der Waals surface area contributed by atoms with Crippen LogP contribution in [-0.2, 0) is 0 Å². The van der Waals surface area contributed by atoms with Crippen molar-refractivity contribution in [2.75, 3.05) is 20.1 Å². The number of aromatic nitrogens is 1. The van der Waals surface area contributed by atoms with E-state index in [-0.39, 0.29) is 5.91 Å². The van der Waals surface area contributed by atoms with Gasteiger partial charge in [0.15, 0.2) is 0 Å². The number of nitrogens with zero attached hydrogens (tertiary/aromatic N) is 2. The van der Waals surface area contributed by atoms with Gasteiger partial charge in [-0.25, -0.2) is 4.98 Å². The molecule has 1 atom stereocenters. The summed E-state index contributed by atoms with van der Waals surface area (Å²) >= 11 is 5.74. The topological polar surface area (TPSA) is 45.2 Å². The van der Waals surface area contributed by atoms with Gasteiger partial charge in [-0.05, 0) is 31.5 Å². The Labute approximate surface area is 106 Å². The van der Waals surface area contributed by atoms with E-state index in [2.05, 4.69) is 10.3 Å². The van der Waals surface area contributed by atoms with Crippen LogP contribution in [0.5, 0.6) is 0 Å². The van der Waals surface area contributed by atoms with Crippen molar-refractivity contribution in [3.63, 3.8) is 0 Å². The van der Waals surface area contributed by atoms with Crippen molar-refractivity contribution in [2.24, 2.45) is 0 Å². The van der Waals surface area contributed by atoms with Crippen LogP contribution in [0.15, 0.2) is 18.3 Å². The van der Waals surface area contributed by atoms with Crippen LogP contribution in [0.2, 0.25) is 5.02 Å². The fourth-order valence-electron chi connectivity index (χ4n) is 2.02. The molecule has 0 aliphatic carbocycles. The number of hydrogen-bond donors (Lipinski definition) is 1. The van der Waals surface area contributed by atoms with E-state index in [4.69, 9.17) is 11.6 Å². The Morgan fingerprint density at radius 2 is 2.47 bits per heavy atom. The maximum absolute atomic E-state index is 12.0. The maximum atomic E-state index is 12.0. The first kappa shape index (κ1) is 12.3. The van der Waals surface area contributed by atoms with Crippen LogP contribution >= 0.6 is 11.6 Å². The molecule has 1 aromatic rings. The lowest BCUT2D eigenvalue weighted by Crippen LogP contribution is -2.38. The molecule has 1 N–H and O–H groups in total. The second-order valence-electron chi connectivity index (χ2n) is 4.34. The molecule has 92 valence electrons. The fourth-order valence-corrected chi connectivity index (χ4v) is 2.14. The number of pyridine rings is 1. The summed E-state index contributed by atoms with van der Waals surface area (Å²) < 4.78 is 0.